The zero-order valence-electron chi connectivity index (χ0n) is 12.3. The molecule has 0 aliphatic heterocycles. The third-order valence-electron chi connectivity index (χ3n) is 5.04. The van der Waals surface area contributed by atoms with Gasteiger partial charge in [-0.3, -0.25) is 4.21 Å². The van der Waals surface area contributed by atoms with Crippen LogP contribution < -0.4 is 5.32 Å². The van der Waals surface area contributed by atoms with Crippen molar-refractivity contribution in [1.29, 1.82) is 0 Å². The molecule has 0 heterocycles. The van der Waals surface area contributed by atoms with Crippen LogP contribution in [-0.2, 0) is 23.6 Å². The second-order valence-corrected chi connectivity index (χ2v) is 8.05. The second-order valence-electron chi connectivity index (χ2n) is 6.19. The van der Waals surface area contributed by atoms with E-state index in [2.05, 4.69) is 29.6 Å². The Balaban J connectivity index is 1.65. The number of hydrogen-bond donors (Lipinski definition) is 1. The molecule has 0 amide bonds. The van der Waals surface area contributed by atoms with Gasteiger partial charge in [0.25, 0.3) is 0 Å². The molecule has 3 rings (SSSR count). The Morgan fingerprint density at radius 1 is 1.15 bits per heavy atom. The molecule has 2 bridgehead atoms. The topological polar surface area (TPSA) is 29.1 Å². The van der Waals surface area contributed by atoms with Crippen molar-refractivity contribution in [3.63, 3.8) is 0 Å². The highest BCUT2D eigenvalue weighted by molar-refractivity contribution is 7.84. The fraction of sp³-hybridized carbons (Fsp3) is 0.647. The SMILES string of the molecule is CCS(=O)CCNC1C2CCC1Cc1ccccc1C2. The van der Waals surface area contributed by atoms with E-state index in [1.165, 1.54) is 25.7 Å². The van der Waals surface area contributed by atoms with Crippen molar-refractivity contribution in [3.8, 4) is 0 Å². The fourth-order valence-corrected chi connectivity index (χ4v) is 4.60. The Kier molecular flexibility index (Phi) is 4.57. The van der Waals surface area contributed by atoms with Crippen LogP contribution >= 0.6 is 0 Å². The minimum Gasteiger partial charge on any atom is -0.312 e. The average Bonchev–Trinajstić information content (AvgIpc) is 2.74. The van der Waals surface area contributed by atoms with E-state index in [0.29, 0.717) is 6.04 Å². The first-order valence-corrected chi connectivity index (χ1v) is 9.42. The fourth-order valence-electron chi connectivity index (χ4n) is 3.97. The molecule has 1 saturated carbocycles. The lowest BCUT2D eigenvalue weighted by Gasteiger charge is -2.23. The standard InChI is InChI=1S/C17H25NOS/c1-2-20(19)10-9-18-17-15-7-8-16(17)12-14-6-4-3-5-13(14)11-15/h3-6,15-18H,2,7-12H2,1H3. The number of hydrogen-bond acceptors (Lipinski definition) is 2. The minimum atomic E-state index is -0.640. The van der Waals surface area contributed by atoms with Crippen LogP contribution in [-0.4, -0.2) is 28.3 Å². The highest BCUT2D eigenvalue weighted by Crippen LogP contribution is 2.39. The van der Waals surface area contributed by atoms with E-state index in [-0.39, 0.29) is 0 Å². The van der Waals surface area contributed by atoms with E-state index in [1.54, 1.807) is 11.1 Å². The van der Waals surface area contributed by atoms with Gasteiger partial charge in [-0.05, 0) is 48.6 Å². The molecule has 2 nitrogen and oxygen atoms in total. The van der Waals surface area contributed by atoms with Crippen molar-refractivity contribution in [1.82, 2.24) is 5.32 Å². The Morgan fingerprint density at radius 3 is 2.30 bits per heavy atom. The minimum absolute atomic E-state index is 0.635. The summed E-state index contributed by atoms with van der Waals surface area (Å²) in [4.78, 5) is 0. The molecular weight excluding hydrogens is 266 g/mol. The Labute approximate surface area is 124 Å². The molecule has 20 heavy (non-hydrogen) atoms. The molecule has 1 N–H and O–H groups in total. The van der Waals surface area contributed by atoms with Crippen LogP contribution in [0, 0.1) is 11.8 Å². The van der Waals surface area contributed by atoms with E-state index in [1.807, 2.05) is 6.92 Å². The van der Waals surface area contributed by atoms with E-state index in [0.717, 1.165) is 29.9 Å². The number of fused-ring (bicyclic) bond motifs is 3. The lowest BCUT2D eigenvalue weighted by atomic mass is 9.94. The summed E-state index contributed by atoms with van der Waals surface area (Å²) < 4.78 is 11.5. The summed E-state index contributed by atoms with van der Waals surface area (Å²) in [6, 6.07) is 9.59. The van der Waals surface area contributed by atoms with E-state index >= 15 is 0 Å². The lowest BCUT2D eigenvalue weighted by Crippen LogP contribution is -2.40. The van der Waals surface area contributed by atoms with Crippen molar-refractivity contribution in [3.05, 3.63) is 35.4 Å². The second kappa shape index (κ2) is 6.40. The van der Waals surface area contributed by atoms with Crippen LogP contribution in [0.2, 0.25) is 0 Å². The van der Waals surface area contributed by atoms with Crippen molar-refractivity contribution in [2.75, 3.05) is 18.1 Å². The van der Waals surface area contributed by atoms with Gasteiger partial charge in [0.2, 0.25) is 0 Å². The van der Waals surface area contributed by atoms with Gasteiger partial charge in [0, 0.05) is 34.9 Å². The Morgan fingerprint density at radius 2 is 1.75 bits per heavy atom. The molecule has 0 radical (unpaired) electrons. The smallest absolute Gasteiger partial charge is 0.0360 e. The molecular formula is C17H25NOS. The molecule has 2 aliphatic rings. The predicted octanol–water partition coefficient (Wildman–Crippen LogP) is 2.54. The van der Waals surface area contributed by atoms with Gasteiger partial charge in [0.05, 0.1) is 0 Å². The van der Waals surface area contributed by atoms with E-state index < -0.39 is 10.8 Å². The first kappa shape index (κ1) is 14.3. The Hall–Kier alpha value is -0.670. The summed E-state index contributed by atoms with van der Waals surface area (Å²) >= 11 is 0. The summed E-state index contributed by atoms with van der Waals surface area (Å²) in [6.45, 7) is 2.91. The van der Waals surface area contributed by atoms with Gasteiger partial charge >= 0.3 is 0 Å². The molecule has 1 fully saturated rings. The average molecular weight is 291 g/mol. The van der Waals surface area contributed by atoms with Gasteiger partial charge in [-0.25, -0.2) is 0 Å². The maximum Gasteiger partial charge on any atom is 0.0360 e. The van der Waals surface area contributed by atoms with Crippen molar-refractivity contribution in [2.24, 2.45) is 11.8 Å². The summed E-state index contributed by atoms with van der Waals surface area (Å²) in [5.74, 6) is 3.14. The highest BCUT2D eigenvalue weighted by Gasteiger charge is 2.38. The van der Waals surface area contributed by atoms with Crippen molar-refractivity contribution in [2.45, 2.75) is 38.6 Å². The van der Waals surface area contributed by atoms with Crippen LogP contribution in [0.15, 0.2) is 24.3 Å². The van der Waals surface area contributed by atoms with Crippen molar-refractivity contribution < 1.29 is 4.21 Å². The summed E-state index contributed by atoms with van der Waals surface area (Å²) in [5, 5.41) is 3.73. The molecule has 0 saturated heterocycles. The zero-order valence-corrected chi connectivity index (χ0v) is 13.1. The first-order valence-electron chi connectivity index (χ1n) is 7.93. The molecule has 1 aromatic carbocycles. The molecule has 3 heteroatoms. The molecule has 0 aromatic heterocycles. The van der Waals surface area contributed by atoms with Crippen LogP contribution in [0.3, 0.4) is 0 Å². The third-order valence-corrected chi connectivity index (χ3v) is 6.34. The summed E-state index contributed by atoms with van der Waals surface area (Å²) in [5.41, 5.74) is 3.12. The van der Waals surface area contributed by atoms with Crippen molar-refractivity contribution >= 4 is 10.8 Å². The largest absolute Gasteiger partial charge is 0.312 e. The van der Waals surface area contributed by atoms with Gasteiger partial charge in [-0.15, -0.1) is 0 Å². The zero-order chi connectivity index (χ0) is 13.9. The Bertz CT molecular complexity index is 455. The van der Waals surface area contributed by atoms with Gasteiger partial charge in [-0.2, -0.15) is 0 Å². The molecule has 0 spiro atoms. The number of rotatable bonds is 5. The molecule has 110 valence electrons. The quantitative estimate of drug-likeness (QED) is 0.903. The van der Waals surface area contributed by atoms with Crippen LogP contribution in [0.25, 0.3) is 0 Å². The first-order chi connectivity index (χ1) is 9.78. The maximum absolute atomic E-state index is 11.5. The van der Waals surface area contributed by atoms with E-state index in [9.17, 15) is 4.21 Å². The van der Waals surface area contributed by atoms with Crippen LogP contribution in [0.5, 0.6) is 0 Å². The molecule has 3 unspecified atom stereocenters. The number of nitrogens with one attached hydrogen (secondary N) is 1. The number of benzene rings is 1. The summed E-state index contributed by atoms with van der Waals surface area (Å²) in [7, 11) is -0.640. The highest BCUT2D eigenvalue weighted by atomic mass is 32.2. The predicted molar refractivity (Wildman–Crippen MR) is 85.4 cm³/mol. The molecule has 1 aromatic rings. The van der Waals surface area contributed by atoms with Gasteiger partial charge in [-0.1, -0.05) is 31.2 Å². The summed E-state index contributed by atoms with van der Waals surface area (Å²) in [6.07, 6.45) is 5.16. The monoisotopic (exact) mass is 291 g/mol. The lowest BCUT2D eigenvalue weighted by molar-refractivity contribution is 0.349. The maximum atomic E-state index is 11.5. The molecule has 2 aliphatic carbocycles. The van der Waals surface area contributed by atoms with Crippen LogP contribution in [0.4, 0.5) is 0 Å². The van der Waals surface area contributed by atoms with Gasteiger partial charge in [0.1, 0.15) is 0 Å². The third kappa shape index (κ3) is 2.99. The van der Waals surface area contributed by atoms with Gasteiger partial charge in [0.15, 0.2) is 0 Å². The van der Waals surface area contributed by atoms with E-state index in [4.69, 9.17) is 0 Å². The van der Waals surface area contributed by atoms with Gasteiger partial charge < -0.3 is 5.32 Å². The molecule has 3 atom stereocenters. The van der Waals surface area contributed by atoms with Crippen LogP contribution in [0.1, 0.15) is 30.9 Å². The normalized spacial score (nSPS) is 29.8.